The molecule has 2 rings (SSSR count). The van der Waals surface area contributed by atoms with Gasteiger partial charge in [0.2, 0.25) is 0 Å². The van der Waals surface area contributed by atoms with E-state index in [0.717, 1.165) is 24.8 Å². The van der Waals surface area contributed by atoms with Crippen molar-refractivity contribution in [2.24, 2.45) is 11.8 Å². The number of hydrogen-bond acceptors (Lipinski definition) is 2. The normalized spacial score (nSPS) is 23.0. The highest BCUT2D eigenvalue weighted by Gasteiger charge is 2.18. The standard InChI is InChI=1S/C16H24N2O/c1-12-5-7-13(8-6-12)9-10-18-16(19)14-3-2-4-15(17)11-14/h2-4,11-13H,5-10,17H2,1H3,(H,18,19). The number of nitrogens with two attached hydrogens (primary N) is 1. The highest BCUT2D eigenvalue weighted by molar-refractivity contribution is 5.94. The molecule has 0 heterocycles. The molecule has 3 heteroatoms. The van der Waals surface area contributed by atoms with Crippen LogP contribution in [-0.4, -0.2) is 12.5 Å². The van der Waals surface area contributed by atoms with Gasteiger partial charge in [-0.25, -0.2) is 0 Å². The van der Waals surface area contributed by atoms with Crippen molar-refractivity contribution in [1.29, 1.82) is 0 Å². The zero-order valence-electron chi connectivity index (χ0n) is 11.7. The highest BCUT2D eigenvalue weighted by atomic mass is 16.1. The maximum Gasteiger partial charge on any atom is 0.251 e. The summed E-state index contributed by atoms with van der Waals surface area (Å²) in [5.74, 6) is 1.66. The van der Waals surface area contributed by atoms with Gasteiger partial charge in [0.15, 0.2) is 0 Å². The quantitative estimate of drug-likeness (QED) is 0.817. The van der Waals surface area contributed by atoms with E-state index in [1.807, 2.05) is 6.07 Å². The van der Waals surface area contributed by atoms with E-state index in [0.29, 0.717) is 11.3 Å². The number of nitrogen functional groups attached to an aromatic ring is 1. The number of hydrogen-bond donors (Lipinski definition) is 2. The molecule has 3 N–H and O–H groups in total. The molecule has 19 heavy (non-hydrogen) atoms. The van der Waals surface area contributed by atoms with Crippen LogP contribution in [0.25, 0.3) is 0 Å². The van der Waals surface area contributed by atoms with E-state index in [1.165, 1.54) is 25.7 Å². The van der Waals surface area contributed by atoms with E-state index in [9.17, 15) is 4.79 Å². The summed E-state index contributed by atoms with van der Waals surface area (Å²) in [6.45, 7) is 3.10. The van der Waals surface area contributed by atoms with Crippen LogP contribution in [0, 0.1) is 11.8 Å². The number of amides is 1. The Bertz CT molecular complexity index is 423. The third-order valence-corrected chi connectivity index (χ3v) is 4.12. The molecule has 3 nitrogen and oxygen atoms in total. The van der Waals surface area contributed by atoms with Gasteiger partial charge in [-0.1, -0.05) is 38.7 Å². The predicted octanol–water partition coefficient (Wildman–Crippen LogP) is 3.22. The lowest BCUT2D eigenvalue weighted by Crippen LogP contribution is -2.26. The Kier molecular flexibility index (Phi) is 4.83. The Morgan fingerprint density at radius 1 is 1.32 bits per heavy atom. The largest absolute Gasteiger partial charge is 0.399 e. The first-order chi connectivity index (χ1) is 9.15. The van der Waals surface area contributed by atoms with Gasteiger partial charge in [0.05, 0.1) is 0 Å². The van der Waals surface area contributed by atoms with Crippen LogP contribution in [0.1, 0.15) is 49.4 Å². The maximum absolute atomic E-state index is 11.9. The van der Waals surface area contributed by atoms with Crippen LogP contribution in [0.3, 0.4) is 0 Å². The third kappa shape index (κ3) is 4.27. The Balaban J connectivity index is 1.72. The van der Waals surface area contributed by atoms with Crippen molar-refractivity contribution < 1.29 is 4.79 Å². The van der Waals surface area contributed by atoms with Gasteiger partial charge in [-0.15, -0.1) is 0 Å². The summed E-state index contributed by atoms with van der Waals surface area (Å²) in [5.41, 5.74) is 6.96. The summed E-state index contributed by atoms with van der Waals surface area (Å²) < 4.78 is 0. The smallest absolute Gasteiger partial charge is 0.251 e. The number of carbonyl (C=O) groups excluding carboxylic acids is 1. The number of carbonyl (C=O) groups is 1. The van der Waals surface area contributed by atoms with Gasteiger partial charge in [-0.05, 0) is 36.5 Å². The second-order valence-electron chi connectivity index (χ2n) is 5.80. The lowest BCUT2D eigenvalue weighted by molar-refractivity contribution is 0.0949. The molecule has 0 aliphatic heterocycles. The van der Waals surface area contributed by atoms with Crippen LogP contribution < -0.4 is 11.1 Å². The van der Waals surface area contributed by atoms with Crippen molar-refractivity contribution in [3.05, 3.63) is 29.8 Å². The topological polar surface area (TPSA) is 55.1 Å². The number of anilines is 1. The molecule has 1 aliphatic carbocycles. The molecule has 1 aromatic rings. The SMILES string of the molecule is CC1CCC(CCNC(=O)c2cccc(N)c2)CC1. The summed E-state index contributed by atoms with van der Waals surface area (Å²) in [4.78, 5) is 11.9. The number of benzene rings is 1. The van der Waals surface area contributed by atoms with Gasteiger partial charge in [-0.2, -0.15) is 0 Å². The molecule has 0 unspecified atom stereocenters. The minimum atomic E-state index is -0.0172. The van der Waals surface area contributed by atoms with Crippen molar-refractivity contribution in [2.75, 3.05) is 12.3 Å². The van der Waals surface area contributed by atoms with Crippen molar-refractivity contribution >= 4 is 11.6 Å². The molecule has 0 spiro atoms. The van der Waals surface area contributed by atoms with Crippen LogP contribution in [0.2, 0.25) is 0 Å². The van der Waals surface area contributed by atoms with E-state index in [1.54, 1.807) is 18.2 Å². The second-order valence-corrected chi connectivity index (χ2v) is 5.80. The van der Waals surface area contributed by atoms with Crippen LogP contribution in [-0.2, 0) is 0 Å². The molecule has 0 bridgehead atoms. The van der Waals surface area contributed by atoms with Crippen LogP contribution in [0.5, 0.6) is 0 Å². The van der Waals surface area contributed by atoms with Gasteiger partial charge in [-0.3, -0.25) is 4.79 Å². The third-order valence-electron chi connectivity index (χ3n) is 4.12. The maximum atomic E-state index is 11.9. The number of rotatable bonds is 4. The minimum absolute atomic E-state index is 0.0172. The van der Waals surface area contributed by atoms with Crippen LogP contribution in [0.15, 0.2) is 24.3 Å². The first-order valence-corrected chi connectivity index (χ1v) is 7.29. The Morgan fingerprint density at radius 3 is 2.74 bits per heavy atom. The molecular weight excluding hydrogens is 236 g/mol. The average molecular weight is 260 g/mol. The average Bonchev–Trinajstić information content (AvgIpc) is 2.41. The van der Waals surface area contributed by atoms with Crippen molar-refractivity contribution in [2.45, 2.75) is 39.0 Å². The Labute approximate surface area is 115 Å². The minimum Gasteiger partial charge on any atom is -0.399 e. The Hall–Kier alpha value is -1.51. The number of nitrogens with one attached hydrogen (secondary N) is 1. The fourth-order valence-electron chi connectivity index (χ4n) is 2.79. The summed E-state index contributed by atoms with van der Waals surface area (Å²) >= 11 is 0. The molecular formula is C16H24N2O. The first-order valence-electron chi connectivity index (χ1n) is 7.29. The van der Waals surface area contributed by atoms with E-state index in [-0.39, 0.29) is 5.91 Å². The van der Waals surface area contributed by atoms with Gasteiger partial charge in [0, 0.05) is 17.8 Å². The first kappa shape index (κ1) is 13.9. The fraction of sp³-hybridized carbons (Fsp3) is 0.562. The lowest BCUT2D eigenvalue weighted by Gasteiger charge is -2.26. The van der Waals surface area contributed by atoms with E-state index >= 15 is 0 Å². The summed E-state index contributed by atoms with van der Waals surface area (Å²) in [6, 6.07) is 7.12. The summed E-state index contributed by atoms with van der Waals surface area (Å²) in [5, 5.41) is 2.99. The molecule has 104 valence electrons. The molecule has 1 fully saturated rings. The van der Waals surface area contributed by atoms with Crippen molar-refractivity contribution in [1.82, 2.24) is 5.32 Å². The lowest BCUT2D eigenvalue weighted by atomic mass is 9.81. The second kappa shape index (κ2) is 6.60. The fourth-order valence-corrected chi connectivity index (χ4v) is 2.79. The Morgan fingerprint density at radius 2 is 2.05 bits per heavy atom. The molecule has 0 saturated heterocycles. The van der Waals surface area contributed by atoms with Gasteiger partial charge < -0.3 is 11.1 Å². The van der Waals surface area contributed by atoms with E-state index in [2.05, 4.69) is 12.2 Å². The van der Waals surface area contributed by atoms with Crippen molar-refractivity contribution in [3.8, 4) is 0 Å². The van der Waals surface area contributed by atoms with Gasteiger partial charge in [0.1, 0.15) is 0 Å². The highest BCUT2D eigenvalue weighted by Crippen LogP contribution is 2.29. The molecule has 0 radical (unpaired) electrons. The van der Waals surface area contributed by atoms with Crippen LogP contribution >= 0.6 is 0 Å². The van der Waals surface area contributed by atoms with E-state index < -0.39 is 0 Å². The van der Waals surface area contributed by atoms with E-state index in [4.69, 9.17) is 5.73 Å². The monoisotopic (exact) mass is 260 g/mol. The summed E-state index contributed by atoms with van der Waals surface area (Å²) in [6.07, 6.45) is 6.41. The van der Waals surface area contributed by atoms with Gasteiger partial charge >= 0.3 is 0 Å². The van der Waals surface area contributed by atoms with Gasteiger partial charge in [0.25, 0.3) is 5.91 Å². The molecule has 1 amide bonds. The molecule has 1 saturated carbocycles. The molecule has 0 aromatic heterocycles. The molecule has 1 aliphatic rings. The molecule has 0 atom stereocenters. The zero-order valence-corrected chi connectivity index (χ0v) is 11.7. The predicted molar refractivity (Wildman–Crippen MR) is 78.9 cm³/mol. The van der Waals surface area contributed by atoms with Crippen molar-refractivity contribution in [3.63, 3.8) is 0 Å². The molecule has 1 aromatic carbocycles. The zero-order chi connectivity index (χ0) is 13.7. The summed E-state index contributed by atoms with van der Waals surface area (Å²) in [7, 11) is 0. The van der Waals surface area contributed by atoms with Crippen LogP contribution in [0.4, 0.5) is 5.69 Å².